The molecule has 4 aliphatic rings. The summed E-state index contributed by atoms with van der Waals surface area (Å²) in [5.41, 5.74) is 9.55. The topological polar surface area (TPSA) is 106 Å². The van der Waals surface area contributed by atoms with Crippen molar-refractivity contribution in [3.8, 4) is 22.8 Å². The molecule has 0 amide bonds. The molecule has 2 atom stereocenters. The summed E-state index contributed by atoms with van der Waals surface area (Å²) < 4.78 is 8.12. The lowest BCUT2D eigenvalue weighted by Crippen LogP contribution is -2.69. The second-order valence-corrected chi connectivity index (χ2v) is 12.8. The third-order valence-corrected chi connectivity index (χ3v) is 10.5. The van der Waals surface area contributed by atoms with Crippen LogP contribution in [0.25, 0.3) is 22.3 Å². The zero-order chi connectivity index (χ0) is 28.1. The van der Waals surface area contributed by atoms with Crippen LogP contribution in [0, 0.1) is 5.92 Å². The molecule has 3 aliphatic heterocycles. The molecule has 3 saturated heterocycles. The molecule has 43 heavy (non-hydrogen) atoms. The van der Waals surface area contributed by atoms with Gasteiger partial charge in [0.2, 0.25) is 0 Å². The van der Waals surface area contributed by atoms with Gasteiger partial charge in [-0.05, 0) is 93.8 Å². The van der Waals surface area contributed by atoms with Gasteiger partial charge in [-0.3, -0.25) is 4.90 Å². The van der Waals surface area contributed by atoms with Crippen LogP contribution in [0.15, 0.2) is 60.9 Å². The molecule has 1 saturated carbocycles. The molecule has 0 radical (unpaired) electrons. The van der Waals surface area contributed by atoms with Crippen LogP contribution in [-0.2, 0) is 0 Å². The highest BCUT2D eigenvalue weighted by atomic mass is 35.5. The van der Waals surface area contributed by atoms with Gasteiger partial charge in [0.25, 0.3) is 0 Å². The van der Waals surface area contributed by atoms with Gasteiger partial charge < -0.3 is 21.1 Å². The summed E-state index contributed by atoms with van der Waals surface area (Å²) in [6.07, 6.45) is 10.5. The number of anilines is 1. The van der Waals surface area contributed by atoms with Crippen molar-refractivity contribution in [3.63, 3.8) is 0 Å². The SMILES string of the molecule is Cl.Nc1ncnc2c1c(-c1ccc(Oc3ccccc3)cc1)nn2C1CCN(C2CNC2C2CCC3(CCN3)CC2)CC1. The second kappa shape index (κ2) is 11.7. The molecule has 1 aliphatic carbocycles. The number of hydrogen-bond donors (Lipinski definition) is 3. The number of para-hydroxylation sites is 1. The minimum absolute atomic E-state index is 0. The molecule has 8 rings (SSSR count). The molecule has 9 nitrogen and oxygen atoms in total. The van der Waals surface area contributed by atoms with Gasteiger partial charge in [0.15, 0.2) is 5.65 Å². The molecule has 226 valence electrons. The number of fused-ring (bicyclic) bond motifs is 1. The zero-order valence-electron chi connectivity index (χ0n) is 24.5. The number of nitrogens with zero attached hydrogens (tertiary/aromatic N) is 5. The molecule has 4 aromatic rings. The van der Waals surface area contributed by atoms with Crippen molar-refractivity contribution in [2.24, 2.45) is 5.92 Å². The highest BCUT2D eigenvalue weighted by Gasteiger charge is 2.46. The van der Waals surface area contributed by atoms with Gasteiger partial charge in [-0.1, -0.05) is 18.2 Å². The van der Waals surface area contributed by atoms with E-state index in [9.17, 15) is 0 Å². The lowest BCUT2D eigenvalue weighted by Gasteiger charge is -2.54. The summed E-state index contributed by atoms with van der Waals surface area (Å²) in [5, 5.41) is 13.5. The monoisotopic (exact) mass is 600 g/mol. The van der Waals surface area contributed by atoms with Crippen molar-refractivity contribution >= 4 is 29.3 Å². The first kappa shape index (κ1) is 28.5. The molecule has 4 N–H and O–H groups in total. The molecular formula is C33H41ClN8O. The Morgan fingerprint density at radius 3 is 2.26 bits per heavy atom. The minimum Gasteiger partial charge on any atom is -0.457 e. The lowest BCUT2D eigenvalue weighted by molar-refractivity contribution is 0.0144. The third-order valence-electron chi connectivity index (χ3n) is 10.5. The standard InChI is InChI=1S/C33H40N8O.ClH/c34-31-28-30(22-6-8-26(9-7-22)42-25-4-2-1-3-5-25)39-41(32(28)37-21-36-31)24-12-18-40(19-13-24)27-20-35-29(27)23-10-14-33(15-11-23)16-17-38-33;/h1-9,21,23-24,27,29,35,38H,10-20H2,(H2,34,36,37);1H. The number of aromatic nitrogens is 4. The third kappa shape index (κ3) is 5.26. The number of halogens is 1. The first-order valence-electron chi connectivity index (χ1n) is 15.7. The normalized spacial score (nSPS) is 27.8. The number of benzene rings is 2. The second-order valence-electron chi connectivity index (χ2n) is 12.8. The van der Waals surface area contributed by atoms with E-state index in [0.29, 0.717) is 29.5 Å². The van der Waals surface area contributed by atoms with E-state index in [1.807, 2.05) is 54.6 Å². The molecule has 5 heterocycles. The summed E-state index contributed by atoms with van der Waals surface area (Å²) >= 11 is 0. The average Bonchev–Trinajstić information content (AvgIpc) is 3.39. The highest BCUT2D eigenvalue weighted by molar-refractivity contribution is 5.98. The van der Waals surface area contributed by atoms with E-state index in [1.54, 1.807) is 6.33 Å². The Labute approximate surface area is 259 Å². The Balaban J connectivity index is 0.00000300. The van der Waals surface area contributed by atoms with Crippen molar-refractivity contribution in [3.05, 3.63) is 60.9 Å². The van der Waals surface area contributed by atoms with Crippen molar-refractivity contribution < 1.29 is 4.74 Å². The van der Waals surface area contributed by atoms with E-state index >= 15 is 0 Å². The van der Waals surface area contributed by atoms with Gasteiger partial charge in [0.05, 0.1) is 11.4 Å². The number of nitrogens with two attached hydrogens (primary N) is 1. The summed E-state index contributed by atoms with van der Waals surface area (Å²) in [7, 11) is 0. The van der Waals surface area contributed by atoms with E-state index in [-0.39, 0.29) is 12.4 Å². The first-order chi connectivity index (χ1) is 20.7. The van der Waals surface area contributed by atoms with Crippen molar-refractivity contribution in [2.75, 3.05) is 31.9 Å². The van der Waals surface area contributed by atoms with E-state index < -0.39 is 0 Å². The number of nitrogen functional groups attached to an aromatic ring is 1. The van der Waals surface area contributed by atoms with Crippen LogP contribution >= 0.6 is 12.4 Å². The van der Waals surface area contributed by atoms with Crippen LogP contribution in [0.5, 0.6) is 11.5 Å². The number of likely N-dealkylation sites (tertiary alicyclic amines) is 1. The van der Waals surface area contributed by atoms with E-state index in [1.165, 1.54) is 38.6 Å². The van der Waals surface area contributed by atoms with Crippen molar-refractivity contribution in [1.82, 2.24) is 35.3 Å². The van der Waals surface area contributed by atoms with Gasteiger partial charge >= 0.3 is 0 Å². The number of nitrogens with one attached hydrogen (secondary N) is 2. The number of rotatable bonds is 6. The van der Waals surface area contributed by atoms with Crippen molar-refractivity contribution in [2.45, 2.75) is 68.6 Å². The molecule has 10 heteroatoms. The molecule has 1 spiro atoms. The van der Waals surface area contributed by atoms with E-state index in [0.717, 1.165) is 72.2 Å². The fourth-order valence-electron chi connectivity index (χ4n) is 7.87. The van der Waals surface area contributed by atoms with E-state index in [4.69, 9.17) is 15.6 Å². The van der Waals surface area contributed by atoms with Crippen molar-refractivity contribution in [1.29, 1.82) is 0 Å². The van der Waals surface area contributed by atoms with Crippen LogP contribution in [-0.4, -0.2) is 68.4 Å². The molecule has 0 bridgehead atoms. The zero-order valence-corrected chi connectivity index (χ0v) is 25.3. The maximum absolute atomic E-state index is 6.42. The minimum atomic E-state index is 0. The maximum atomic E-state index is 6.42. The smallest absolute Gasteiger partial charge is 0.164 e. The summed E-state index contributed by atoms with van der Waals surface area (Å²) in [6, 6.07) is 19.5. The van der Waals surface area contributed by atoms with Crippen LogP contribution in [0.3, 0.4) is 0 Å². The number of hydrogen-bond acceptors (Lipinski definition) is 8. The summed E-state index contributed by atoms with van der Waals surface area (Å²) in [6.45, 7) is 4.52. The van der Waals surface area contributed by atoms with Crippen LogP contribution < -0.4 is 21.1 Å². The Bertz CT molecular complexity index is 1540. The fourth-order valence-corrected chi connectivity index (χ4v) is 7.87. The molecular weight excluding hydrogens is 560 g/mol. The van der Waals surface area contributed by atoms with Gasteiger partial charge in [-0.2, -0.15) is 5.10 Å². The van der Waals surface area contributed by atoms with Crippen LogP contribution in [0.4, 0.5) is 5.82 Å². The van der Waals surface area contributed by atoms with Gasteiger partial charge in [0.1, 0.15) is 29.3 Å². The Kier molecular flexibility index (Phi) is 7.75. The number of piperidine rings is 1. The summed E-state index contributed by atoms with van der Waals surface area (Å²) in [5.74, 6) is 2.88. The highest BCUT2D eigenvalue weighted by Crippen LogP contribution is 2.42. The Hall–Kier alpha value is -3.24. The molecule has 2 unspecified atom stereocenters. The van der Waals surface area contributed by atoms with Gasteiger partial charge in [0, 0.05) is 42.8 Å². The largest absolute Gasteiger partial charge is 0.457 e. The quantitative estimate of drug-likeness (QED) is 0.278. The van der Waals surface area contributed by atoms with E-state index in [2.05, 4.69) is 30.2 Å². The number of ether oxygens (including phenoxy) is 1. The Morgan fingerprint density at radius 2 is 1.60 bits per heavy atom. The van der Waals surface area contributed by atoms with Gasteiger partial charge in [-0.25, -0.2) is 14.6 Å². The Morgan fingerprint density at radius 1 is 0.884 bits per heavy atom. The van der Waals surface area contributed by atoms with Gasteiger partial charge in [-0.15, -0.1) is 12.4 Å². The fraction of sp³-hybridized carbons (Fsp3) is 0.485. The predicted octanol–water partition coefficient (Wildman–Crippen LogP) is 5.19. The average molecular weight is 601 g/mol. The van der Waals surface area contributed by atoms with Crippen LogP contribution in [0.2, 0.25) is 0 Å². The first-order valence-corrected chi connectivity index (χ1v) is 15.7. The lowest BCUT2D eigenvalue weighted by atomic mass is 9.67. The molecule has 2 aromatic heterocycles. The molecule has 4 fully saturated rings. The molecule has 2 aromatic carbocycles. The maximum Gasteiger partial charge on any atom is 0.164 e. The van der Waals surface area contributed by atoms with Crippen LogP contribution in [0.1, 0.15) is 51.0 Å². The summed E-state index contributed by atoms with van der Waals surface area (Å²) in [4.78, 5) is 11.7. The predicted molar refractivity (Wildman–Crippen MR) is 172 cm³/mol.